The molecule has 30 heavy (non-hydrogen) atoms. The SMILES string of the molecule is Cc1ccc(S(=O)(=O)N2CCC(C(=O)NC(C)c3cc(C)ccc3C)CC2)c(C)c1. The van der Waals surface area contributed by atoms with Crippen LogP contribution in [0.5, 0.6) is 0 Å². The highest BCUT2D eigenvalue weighted by atomic mass is 32.2. The highest BCUT2D eigenvalue weighted by molar-refractivity contribution is 7.89. The molecule has 5 nitrogen and oxygen atoms in total. The molecule has 2 aromatic carbocycles. The average Bonchev–Trinajstić information content (AvgIpc) is 2.69. The van der Waals surface area contributed by atoms with E-state index in [1.807, 2.05) is 46.8 Å². The maximum absolute atomic E-state index is 13.1. The molecular weight excluding hydrogens is 396 g/mol. The lowest BCUT2D eigenvalue weighted by molar-refractivity contribution is -0.126. The van der Waals surface area contributed by atoms with E-state index in [9.17, 15) is 13.2 Å². The summed E-state index contributed by atoms with van der Waals surface area (Å²) >= 11 is 0. The molecule has 1 fully saturated rings. The first kappa shape index (κ1) is 22.5. The molecule has 0 saturated carbocycles. The van der Waals surface area contributed by atoms with Crippen molar-refractivity contribution < 1.29 is 13.2 Å². The molecule has 1 aliphatic heterocycles. The molecule has 1 N–H and O–H groups in total. The van der Waals surface area contributed by atoms with Crippen LogP contribution in [0.4, 0.5) is 0 Å². The van der Waals surface area contributed by atoms with E-state index in [2.05, 4.69) is 23.5 Å². The number of carbonyl (C=O) groups excluding carboxylic acids is 1. The predicted molar refractivity (Wildman–Crippen MR) is 120 cm³/mol. The number of benzene rings is 2. The summed E-state index contributed by atoms with van der Waals surface area (Å²) in [4.78, 5) is 13.2. The number of nitrogens with zero attached hydrogens (tertiary/aromatic N) is 1. The van der Waals surface area contributed by atoms with Crippen LogP contribution in [0.25, 0.3) is 0 Å². The van der Waals surface area contributed by atoms with Crippen molar-refractivity contribution in [2.75, 3.05) is 13.1 Å². The van der Waals surface area contributed by atoms with Gasteiger partial charge in [0.15, 0.2) is 0 Å². The fraction of sp³-hybridized carbons (Fsp3) is 0.458. The Balaban J connectivity index is 1.63. The van der Waals surface area contributed by atoms with E-state index in [0.717, 1.165) is 22.3 Å². The summed E-state index contributed by atoms with van der Waals surface area (Å²) in [7, 11) is -3.53. The van der Waals surface area contributed by atoms with E-state index in [-0.39, 0.29) is 17.9 Å². The first-order valence-electron chi connectivity index (χ1n) is 10.5. The number of nitrogens with one attached hydrogen (secondary N) is 1. The lowest BCUT2D eigenvalue weighted by Gasteiger charge is -2.31. The number of rotatable bonds is 5. The van der Waals surface area contributed by atoms with Crippen molar-refractivity contribution in [1.29, 1.82) is 0 Å². The van der Waals surface area contributed by atoms with Crippen LogP contribution in [0, 0.1) is 33.6 Å². The van der Waals surface area contributed by atoms with Gasteiger partial charge >= 0.3 is 0 Å². The summed E-state index contributed by atoms with van der Waals surface area (Å²) in [6.07, 6.45) is 1.07. The second-order valence-electron chi connectivity index (χ2n) is 8.54. The molecule has 162 valence electrons. The highest BCUT2D eigenvalue weighted by Crippen LogP contribution is 2.27. The predicted octanol–water partition coefficient (Wildman–Crippen LogP) is 4.20. The van der Waals surface area contributed by atoms with Crippen molar-refractivity contribution in [3.05, 3.63) is 64.2 Å². The molecule has 1 amide bonds. The molecule has 0 aromatic heterocycles. The topological polar surface area (TPSA) is 66.5 Å². The molecule has 1 saturated heterocycles. The van der Waals surface area contributed by atoms with Gasteiger partial charge in [0.1, 0.15) is 0 Å². The van der Waals surface area contributed by atoms with Crippen LogP contribution in [0.15, 0.2) is 41.3 Å². The summed E-state index contributed by atoms with van der Waals surface area (Å²) in [5.41, 5.74) is 5.25. The summed E-state index contributed by atoms with van der Waals surface area (Å²) in [5.74, 6) is -0.157. The highest BCUT2D eigenvalue weighted by Gasteiger charge is 2.33. The Labute approximate surface area is 180 Å². The average molecular weight is 429 g/mol. The largest absolute Gasteiger partial charge is 0.349 e. The van der Waals surface area contributed by atoms with Crippen LogP contribution in [0.3, 0.4) is 0 Å². The fourth-order valence-corrected chi connectivity index (χ4v) is 5.90. The molecule has 1 unspecified atom stereocenters. The number of hydrogen-bond donors (Lipinski definition) is 1. The Morgan fingerprint density at radius 1 is 0.967 bits per heavy atom. The Hall–Kier alpha value is -2.18. The van der Waals surface area contributed by atoms with E-state index in [1.54, 1.807) is 6.07 Å². The molecule has 0 bridgehead atoms. The van der Waals surface area contributed by atoms with Crippen molar-refractivity contribution in [1.82, 2.24) is 9.62 Å². The summed E-state index contributed by atoms with van der Waals surface area (Å²) in [5, 5.41) is 3.13. The number of piperidine rings is 1. The van der Waals surface area contributed by atoms with E-state index >= 15 is 0 Å². The zero-order valence-electron chi connectivity index (χ0n) is 18.5. The molecular formula is C24H32N2O3S. The monoisotopic (exact) mass is 428 g/mol. The third-order valence-corrected chi connectivity index (χ3v) is 8.09. The minimum Gasteiger partial charge on any atom is -0.349 e. The normalized spacial score (nSPS) is 17.0. The molecule has 0 radical (unpaired) electrons. The maximum Gasteiger partial charge on any atom is 0.243 e. The Kier molecular flexibility index (Phi) is 6.68. The maximum atomic E-state index is 13.1. The van der Waals surface area contributed by atoms with Crippen molar-refractivity contribution in [2.45, 2.75) is 58.4 Å². The molecule has 0 aliphatic carbocycles. The second kappa shape index (κ2) is 8.90. The third kappa shape index (κ3) is 4.76. The van der Waals surface area contributed by atoms with Gasteiger partial charge in [-0.15, -0.1) is 0 Å². The van der Waals surface area contributed by atoms with Gasteiger partial charge < -0.3 is 5.32 Å². The van der Waals surface area contributed by atoms with Gasteiger partial charge in [-0.2, -0.15) is 4.31 Å². The Morgan fingerprint density at radius 3 is 2.20 bits per heavy atom. The van der Waals surface area contributed by atoms with Gasteiger partial charge in [0.05, 0.1) is 10.9 Å². The first-order chi connectivity index (χ1) is 14.1. The Morgan fingerprint density at radius 2 is 1.57 bits per heavy atom. The van der Waals surface area contributed by atoms with Gasteiger partial charge in [0, 0.05) is 19.0 Å². The Bertz CT molecular complexity index is 1040. The standard InChI is InChI=1S/C24H32N2O3S/c1-16-7-9-23(19(4)14-16)30(28,29)26-12-10-21(11-13-26)24(27)25-20(5)22-15-17(2)6-8-18(22)3/h6-9,14-15,20-21H,10-13H2,1-5H3,(H,25,27). The molecule has 3 rings (SSSR count). The molecule has 1 heterocycles. The summed E-state index contributed by atoms with van der Waals surface area (Å²) in [6, 6.07) is 11.6. The van der Waals surface area contributed by atoms with Crippen molar-refractivity contribution >= 4 is 15.9 Å². The minimum atomic E-state index is -3.53. The zero-order chi connectivity index (χ0) is 22.1. The third-order valence-electron chi connectivity index (χ3n) is 6.03. The number of aryl methyl sites for hydroxylation is 4. The molecule has 2 aromatic rings. The molecule has 1 aliphatic rings. The smallest absolute Gasteiger partial charge is 0.243 e. The minimum absolute atomic E-state index is 0.00645. The van der Waals surface area contributed by atoms with E-state index < -0.39 is 10.0 Å². The van der Waals surface area contributed by atoms with E-state index in [0.29, 0.717) is 30.8 Å². The van der Waals surface area contributed by atoms with E-state index in [4.69, 9.17) is 0 Å². The lowest BCUT2D eigenvalue weighted by atomic mass is 9.95. The van der Waals surface area contributed by atoms with Crippen LogP contribution >= 0.6 is 0 Å². The molecule has 0 spiro atoms. The molecule has 1 atom stereocenters. The van der Waals surface area contributed by atoms with Crippen LogP contribution < -0.4 is 5.32 Å². The van der Waals surface area contributed by atoms with Crippen LogP contribution in [0.2, 0.25) is 0 Å². The second-order valence-corrected chi connectivity index (χ2v) is 10.4. The number of sulfonamides is 1. The van der Waals surface area contributed by atoms with Crippen molar-refractivity contribution in [3.8, 4) is 0 Å². The van der Waals surface area contributed by atoms with Crippen LogP contribution in [-0.2, 0) is 14.8 Å². The van der Waals surface area contributed by atoms with Crippen LogP contribution in [-0.4, -0.2) is 31.7 Å². The number of hydrogen-bond acceptors (Lipinski definition) is 3. The summed E-state index contributed by atoms with van der Waals surface area (Å²) < 4.78 is 27.6. The van der Waals surface area contributed by atoms with Gasteiger partial charge in [-0.25, -0.2) is 8.42 Å². The lowest BCUT2D eigenvalue weighted by Crippen LogP contribution is -2.43. The van der Waals surface area contributed by atoms with Crippen molar-refractivity contribution in [2.24, 2.45) is 5.92 Å². The van der Waals surface area contributed by atoms with Gasteiger partial charge in [-0.1, -0.05) is 41.5 Å². The van der Waals surface area contributed by atoms with E-state index in [1.165, 1.54) is 9.87 Å². The summed E-state index contributed by atoms with van der Waals surface area (Å²) in [6.45, 7) is 10.6. The van der Waals surface area contributed by atoms with Gasteiger partial charge in [0.2, 0.25) is 15.9 Å². The first-order valence-corrected chi connectivity index (χ1v) is 12.0. The zero-order valence-corrected chi connectivity index (χ0v) is 19.3. The fourth-order valence-electron chi connectivity index (χ4n) is 4.22. The van der Waals surface area contributed by atoms with Crippen LogP contribution in [0.1, 0.15) is 53.6 Å². The van der Waals surface area contributed by atoms with Crippen molar-refractivity contribution in [3.63, 3.8) is 0 Å². The quantitative estimate of drug-likeness (QED) is 0.776. The van der Waals surface area contributed by atoms with Gasteiger partial charge in [-0.05, 0) is 70.2 Å². The van der Waals surface area contributed by atoms with Gasteiger partial charge in [-0.3, -0.25) is 4.79 Å². The number of carbonyl (C=O) groups is 1. The van der Waals surface area contributed by atoms with Gasteiger partial charge in [0.25, 0.3) is 0 Å². The molecule has 6 heteroatoms. The number of amides is 1.